The summed E-state index contributed by atoms with van der Waals surface area (Å²) in [4.78, 5) is 55.9. The van der Waals surface area contributed by atoms with Crippen LogP contribution in [0, 0.1) is 11.8 Å². The minimum absolute atomic E-state index is 0.0175. The molecule has 0 aliphatic carbocycles. The molecule has 32 heavy (non-hydrogen) atoms. The number of imidazole rings is 1. The lowest BCUT2D eigenvalue weighted by Crippen LogP contribution is -2.56. The molecule has 3 amide bonds. The van der Waals surface area contributed by atoms with Crippen molar-refractivity contribution in [1.29, 1.82) is 0 Å². The van der Waals surface area contributed by atoms with Gasteiger partial charge in [0.05, 0.1) is 12.4 Å². The number of nitrogens with one attached hydrogen (secondary N) is 4. The summed E-state index contributed by atoms with van der Waals surface area (Å²) < 4.78 is 0. The maximum atomic E-state index is 12.8. The Morgan fingerprint density at radius 2 is 1.53 bits per heavy atom. The fraction of sp³-hybridized carbons (Fsp3) is 0.667. The van der Waals surface area contributed by atoms with Crippen LogP contribution in [0.1, 0.15) is 53.2 Å². The van der Waals surface area contributed by atoms with E-state index < -0.39 is 47.9 Å². The molecule has 11 heteroatoms. The summed E-state index contributed by atoms with van der Waals surface area (Å²) in [5.41, 5.74) is 6.40. The SMILES string of the molecule is CC(C)CC(N)C(=O)NC(C)C(=O)NC(CC(C)C)C(=O)NC(Cc1cnc[nH]1)C(=O)O. The standard InChI is InChI=1S/C21H36N6O5/c1-11(2)6-15(22)19(29)25-13(5)18(28)26-16(7-12(3)4)20(30)27-17(21(31)32)8-14-9-23-10-24-14/h9-13,15-17H,6-8,22H2,1-5H3,(H,23,24)(H,25,29)(H,26,28)(H,27,30)(H,31,32). The number of amides is 3. The van der Waals surface area contributed by atoms with Gasteiger partial charge in [-0.1, -0.05) is 27.7 Å². The Kier molecular flexibility index (Phi) is 10.8. The summed E-state index contributed by atoms with van der Waals surface area (Å²) in [6.45, 7) is 9.13. The quantitative estimate of drug-likeness (QED) is 0.242. The van der Waals surface area contributed by atoms with E-state index in [9.17, 15) is 24.3 Å². The molecule has 4 atom stereocenters. The van der Waals surface area contributed by atoms with Crippen LogP contribution in [0.25, 0.3) is 0 Å². The number of nitrogens with zero attached hydrogens (tertiary/aromatic N) is 1. The number of aromatic nitrogens is 2. The molecule has 0 aromatic carbocycles. The summed E-state index contributed by atoms with van der Waals surface area (Å²) in [7, 11) is 0. The normalized spacial score (nSPS) is 15.0. The van der Waals surface area contributed by atoms with Crippen LogP contribution in [-0.4, -0.2) is 62.9 Å². The minimum Gasteiger partial charge on any atom is -0.480 e. The van der Waals surface area contributed by atoms with Crippen LogP contribution in [-0.2, 0) is 25.6 Å². The number of hydrogen-bond acceptors (Lipinski definition) is 6. The van der Waals surface area contributed by atoms with E-state index in [1.807, 2.05) is 27.7 Å². The van der Waals surface area contributed by atoms with Crippen LogP contribution in [0.2, 0.25) is 0 Å². The summed E-state index contributed by atoms with van der Waals surface area (Å²) >= 11 is 0. The first-order chi connectivity index (χ1) is 14.9. The molecule has 1 heterocycles. The Bertz CT molecular complexity index is 765. The lowest BCUT2D eigenvalue weighted by atomic mass is 10.0. The van der Waals surface area contributed by atoms with Gasteiger partial charge in [-0.3, -0.25) is 14.4 Å². The molecule has 4 unspecified atom stereocenters. The van der Waals surface area contributed by atoms with Crippen molar-refractivity contribution in [2.75, 3.05) is 0 Å². The molecule has 0 aliphatic heterocycles. The number of aliphatic carboxylic acids is 1. The van der Waals surface area contributed by atoms with Crippen molar-refractivity contribution in [1.82, 2.24) is 25.9 Å². The molecule has 0 fully saturated rings. The Morgan fingerprint density at radius 3 is 2.03 bits per heavy atom. The van der Waals surface area contributed by atoms with Crippen LogP contribution >= 0.6 is 0 Å². The lowest BCUT2D eigenvalue weighted by molar-refractivity contribution is -0.142. The van der Waals surface area contributed by atoms with E-state index in [1.54, 1.807) is 0 Å². The van der Waals surface area contributed by atoms with Crippen molar-refractivity contribution < 1.29 is 24.3 Å². The zero-order chi connectivity index (χ0) is 24.4. The molecule has 0 spiro atoms. The van der Waals surface area contributed by atoms with E-state index in [2.05, 4.69) is 25.9 Å². The Balaban J connectivity index is 2.79. The first-order valence-electron chi connectivity index (χ1n) is 10.8. The van der Waals surface area contributed by atoms with Gasteiger partial charge in [0.1, 0.15) is 18.1 Å². The second-order valence-corrected chi connectivity index (χ2v) is 8.84. The van der Waals surface area contributed by atoms with Crippen LogP contribution < -0.4 is 21.7 Å². The van der Waals surface area contributed by atoms with Crippen LogP contribution in [0.4, 0.5) is 0 Å². The third-order valence-electron chi connectivity index (χ3n) is 4.75. The molecule has 7 N–H and O–H groups in total. The molecule has 1 aromatic rings. The number of hydrogen-bond donors (Lipinski definition) is 6. The Labute approximate surface area is 188 Å². The highest BCUT2D eigenvalue weighted by Gasteiger charge is 2.29. The third kappa shape index (κ3) is 9.46. The van der Waals surface area contributed by atoms with Crippen molar-refractivity contribution >= 4 is 23.7 Å². The van der Waals surface area contributed by atoms with Gasteiger partial charge in [-0.05, 0) is 31.6 Å². The molecule has 180 valence electrons. The minimum atomic E-state index is -1.21. The summed E-state index contributed by atoms with van der Waals surface area (Å²) in [6.07, 6.45) is 3.68. The zero-order valence-corrected chi connectivity index (χ0v) is 19.3. The zero-order valence-electron chi connectivity index (χ0n) is 19.3. The molecule has 0 bridgehead atoms. The monoisotopic (exact) mass is 452 g/mol. The van der Waals surface area contributed by atoms with E-state index in [0.717, 1.165) is 0 Å². The molecule has 11 nitrogen and oxygen atoms in total. The third-order valence-corrected chi connectivity index (χ3v) is 4.75. The number of carboxylic acid groups (broad SMARTS) is 1. The first kappa shape index (κ1) is 27.1. The molecule has 0 radical (unpaired) electrons. The molecular weight excluding hydrogens is 416 g/mol. The maximum Gasteiger partial charge on any atom is 0.326 e. The second-order valence-electron chi connectivity index (χ2n) is 8.84. The number of carboxylic acids is 1. The highest BCUT2D eigenvalue weighted by Crippen LogP contribution is 2.08. The van der Waals surface area contributed by atoms with E-state index in [0.29, 0.717) is 18.5 Å². The fourth-order valence-corrected chi connectivity index (χ4v) is 3.09. The van der Waals surface area contributed by atoms with E-state index in [1.165, 1.54) is 19.4 Å². The predicted octanol–water partition coefficient (Wildman–Crippen LogP) is -0.0694. The van der Waals surface area contributed by atoms with Gasteiger partial charge in [0.15, 0.2) is 0 Å². The number of H-pyrrole nitrogens is 1. The van der Waals surface area contributed by atoms with Crippen molar-refractivity contribution in [3.05, 3.63) is 18.2 Å². The number of carbonyl (C=O) groups excluding carboxylic acids is 3. The van der Waals surface area contributed by atoms with E-state index in [4.69, 9.17) is 5.73 Å². The van der Waals surface area contributed by atoms with Crippen LogP contribution in [0.5, 0.6) is 0 Å². The topological polar surface area (TPSA) is 179 Å². The smallest absolute Gasteiger partial charge is 0.326 e. The maximum absolute atomic E-state index is 12.8. The molecule has 0 aliphatic rings. The second kappa shape index (κ2) is 12.8. The molecule has 0 saturated heterocycles. The Morgan fingerprint density at radius 1 is 0.938 bits per heavy atom. The molecule has 0 saturated carbocycles. The van der Waals surface area contributed by atoms with Crippen LogP contribution in [0.3, 0.4) is 0 Å². The number of carbonyl (C=O) groups is 4. The van der Waals surface area contributed by atoms with Gasteiger partial charge in [-0.15, -0.1) is 0 Å². The molecule has 1 aromatic heterocycles. The van der Waals surface area contributed by atoms with Gasteiger partial charge in [0, 0.05) is 18.3 Å². The molecular formula is C21H36N6O5. The van der Waals surface area contributed by atoms with Crippen molar-refractivity contribution in [3.8, 4) is 0 Å². The Hall–Kier alpha value is -2.95. The summed E-state index contributed by atoms with van der Waals surface area (Å²) in [6, 6.07) is -3.81. The molecule has 1 rings (SSSR count). The summed E-state index contributed by atoms with van der Waals surface area (Å²) in [5.74, 6) is -2.56. The number of rotatable bonds is 13. The first-order valence-corrected chi connectivity index (χ1v) is 10.8. The van der Waals surface area contributed by atoms with Gasteiger partial charge < -0.3 is 31.8 Å². The van der Waals surface area contributed by atoms with Gasteiger partial charge in [0.25, 0.3) is 0 Å². The highest BCUT2D eigenvalue weighted by molar-refractivity contribution is 5.93. The van der Waals surface area contributed by atoms with Crippen LogP contribution in [0.15, 0.2) is 12.5 Å². The van der Waals surface area contributed by atoms with Gasteiger partial charge in [0.2, 0.25) is 17.7 Å². The van der Waals surface area contributed by atoms with Crippen molar-refractivity contribution in [3.63, 3.8) is 0 Å². The van der Waals surface area contributed by atoms with Crippen molar-refractivity contribution in [2.24, 2.45) is 17.6 Å². The lowest BCUT2D eigenvalue weighted by Gasteiger charge is -2.25. The average molecular weight is 453 g/mol. The van der Waals surface area contributed by atoms with Gasteiger partial charge in [-0.2, -0.15) is 0 Å². The van der Waals surface area contributed by atoms with Gasteiger partial charge >= 0.3 is 5.97 Å². The van der Waals surface area contributed by atoms with E-state index >= 15 is 0 Å². The average Bonchev–Trinajstić information content (AvgIpc) is 3.18. The van der Waals surface area contributed by atoms with Crippen molar-refractivity contribution in [2.45, 2.75) is 78.0 Å². The summed E-state index contributed by atoms with van der Waals surface area (Å²) in [5, 5.41) is 17.1. The largest absolute Gasteiger partial charge is 0.480 e. The van der Waals surface area contributed by atoms with E-state index in [-0.39, 0.29) is 18.3 Å². The number of nitrogens with two attached hydrogens (primary N) is 1. The number of aromatic amines is 1. The van der Waals surface area contributed by atoms with Gasteiger partial charge in [-0.25, -0.2) is 9.78 Å². The highest BCUT2D eigenvalue weighted by atomic mass is 16.4. The predicted molar refractivity (Wildman–Crippen MR) is 118 cm³/mol. The fourth-order valence-electron chi connectivity index (χ4n) is 3.09.